The lowest BCUT2D eigenvalue weighted by atomic mass is 10.3. The maximum absolute atomic E-state index is 5.89. The lowest BCUT2D eigenvalue weighted by Crippen LogP contribution is -2.25. The third-order valence-corrected chi connectivity index (χ3v) is 3.04. The van der Waals surface area contributed by atoms with Gasteiger partial charge in [0.05, 0.1) is 5.69 Å². The van der Waals surface area contributed by atoms with E-state index in [1.165, 1.54) is 0 Å². The summed E-state index contributed by atoms with van der Waals surface area (Å²) < 4.78 is 0. The van der Waals surface area contributed by atoms with Crippen LogP contribution in [0.3, 0.4) is 0 Å². The normalized spacial score (nSPS) is 10.9. The van der Waals surface area contributed by atoms with Crippen molar-refractivity contribution in [3.63, 3.8) is 0 Å². The van der Waals surface area contributed by atoms with E-state index in [1.54, 1.807) is 6.07 Å². The Morgan fingerprint density at radius 3 is 2.59 bits per heavy atom. The zero-order chi connectivity index (χ0) is 12.7. The van der Waals surface area contributed by atoms with Gasteiger partial charge in [0, 0.05) is 12.6 Å². The first kappa shape index (κ1) is 14.5. The van der Waals surface area contributed by atoms with Crippen LogP contribution in [-0.4, -0.2) is 41.3 Å². The van der Waals surface area contributed by atoms with Gasteiger partial charge in [0.2, 0.25) is 0 Å². The molecular weight excluding hydrogens is 259 g/mol. The molecule has 96 valence electrons. The highest BCUT2D eigenvalue weighted by Crippen LogP contribution is 2.20. The van der Waals surface area contributed by atoms with E-state index >= 15 is 0 Å². The average Bonchev–Trinajstić information content (AvgIpc) is 2.33. The highest BCUT2D eigenvalue weighted by Gasteiger charge is 2.03. The molecule has 0 amide bonds. The SMILES string of the molecule is CCN(CC)CCCNc1cc(Cl)nnc1Cl. The fourth-order valence-electron chi connectivity index (χ4n) is 1.54. The molecule has 1 rings (SSSR count). The first-order valence-corrected chi connectivity index (χ1v) is 6.57. The Labute approximate surface area is 112 Å². The van der Waals surface area contributed by atoms with Crippen LogP contribution in [0.4, 0.5) is 5.69 Å². The van der Waals surface area contributed by atoms with Crippen LogP contribution < -0.4 is 5.32 Å². The van der Waals surface area contributed by atoms with Crippen LogP contribution in [0, 0.1) is 0 Å². The summed E-state index contributed by atoms with van der Waals surface area (Å²) in [6, 6.07) is 1.69. The van der Waals surface area contributed by atoms with Crippen molar-refractivity contribution < 1.29 is 0 Å². The summed E-state index contributed by atoms with van der Waals surface area (Å²) in [5, 5.41) is 11.3. The molecule has 1 heterocycles. The summed E-state index contributed by atoms with van der Waals surface area (Å²) in [6.07, 6.45) is 1.05. The van der Waals surface area contributed by atoms with Crippen molar-refractivity contribution in [1.82, 2.24) is 15.1 Å². The molecule has 0 atom stereocenters. The molecule has 1 aromatic rings. The molecule has 1 aromatic heterocycles. The molecule has 0 aliphatic heterocycles. The summed E-state index contributed by atoms with van der Waals surface area (Å²) in [5.41, 5.74) is 0.742. The van der Waals surface area contributed by atoms with E-state index in [2.05, 4.69) is 34.3 Å². The minimum atomic E-state index is 0.348. The molecule has 0 unspecified atom stereocenters. The molecule has 0 bridgehead atoms. The van der Waals surface area contributed by atoms with Gasteiger partial charge in [-0.2, -0.15) is 0 Å². The van der Waals surface area contributed by atoms with Crippen LogP contribution in [0.25, 0.3) is 0 Å². The fourth-order valence-corrected chi connectivity index (χ4v) is 1.85. The van der Waals surface area contributed by atoms with Crippen molar-refractivity contribution in [2.24, 2.45) is 0 Å². The van der Waals surface area contributed by atoms with Crippen molar-refractivity contribution in [3.05, 3.63) is 16.4 Å². The van der Waals surface area contributed by atoms with Gasteiger partial charge in [-0.3, -0.25) is 0 Å². The molecule has 0 saturated carbocycles. The highest BCUT2D eigenvalue weighted by molar-refractivity contribution is 6.33. The minimum absolute atomic E-state index is 0.348. The van der Waals surface area contributed by atoms with Crippen molar-refractivity contribution in [2.45, 2.75) is 20.3 Å². The number of halogens is 2. The second-order valence-corrected chi connectivity index (χ2v) is 4.42. The predicted molar refractivity (Wildman–Crippen MR) is 72.9 cm³/mol. The molecule has 17 heavy (non-hydrogen) atoms. The zero-order valence-corrected chi connectivity index (χ0v) is 11.7. The third kappa shape index (κ3) is 5.06. The van der Waals surface area contributed by atoms with Crippen LogP contribution in [0.5, 0.6) is 0 Å². The molecule has 0 fully saturated rings. The smallest absolute Gasteiger partial charge is 0.174 e. The molecule has 1 N–H and O–H groups in total. The van der Waals surface area contributed by atoms with Gasteiger partial charge in [0.25, 0.3) is 0 Å². The van der Waals surface area contributed by atoms with Gasteiger partial charge in [0.15, 0.2) is 10.3 Å². The molecule has 0 radical (unpaired) electrons. The Kier molecular flexibility index (Phi) is 6.55. The van der Waals surface area contributed by atoms with Crippen molar-refractivity contribution >= 4 is 28.9 Å². The van der Waals surface area contributed by atoms with Gasteiger partial charge in [-0.15, -0.1) is 10.2 Å². The quantitative estimate of drug-likeness (QED) is 0.778. The van der Waals surface area contributed by atoms with Gasteiger partial charge >= 0.3 is 0 Å². The first-order valence-electron chi connectivity index (χ1n) is 5.82. The number of nitrogens with one attached hydrogen (secondary N) is 1. The maximum atomic E-state index is 5.89. The van der Waals surface area contributed by atoms with E-state index in [4.69, 9.17) is 23.2 Å². The summed E-state index contributed by atoms with van der Waals surface area (Å²) in [6.45, 7) is 8.42. The van der Waals surface area contributed by atoms with Gasteiger partial charge in [0.1, 0.15) is 0 Å². The van der Waals surface area contributed by atoms with Gasteiger partial charge in [-0.25, -0.2) is 0 Å². The minimum Gasteiger partial charge on any atom is -0.382 e. The molecule has 0 saturated heterocycles. The number of hydrogen-bond donors (Lipinski definition) is 1. The Morgan fingerprint density at radius 1 is 1.24 bits per heavy atom. The van der Waals surface area contributed by atoms with E-state index in [0.29, 0.717) is 10.3 Å². The van der Waals surface area contributed by atoms with Crippen LogP contribution >= 0.6 is 23.2 Å². The predicted octanol–water partition coefficient (Wildman–Crippen LogP) is 2.93. The van der Waals surface area contributed by atoms with Gasteiger partial charge in [-0.05, 0) is 26.1 Å². The van der Waals surface area contributed by atoms with E-state index in [9.17, 15) is 0 Å². The lowest BCUT2D eigenvalue weighted by molar-refractivity contribution is 0.303. The molecule has 0 aliphatic carbocycles. The number of anilines is 1. The largest absolute Gasteiger partial charge is 0.382 e. The standard InChI is InChI=1S/C11H18Cl2N4/c1-3-17(4-2)7-5-6-14-9-8-10(12)15-16-11(9)13/h8H,3-7H2,1-2H3,(H,14,15). The lowest BCUT2D eigenvalue weighted by Gasteiger charge is -2.17. The second kappa shape index (κ2) is 7.69. The van der Waals surface area contributed by atoms with Crippen LogP contribution in [-0.2, 0) is 0 Å². The summed E-state index contributed by atoms with van der Waals surface area (Å²) >= 11 is 11.6. The number of hydrogen-bond acceptors (Lipinski definition) is 4. The van der Waals surface area contributed by atoms with E-state index in [1.807, 2.05) is 0 Å². The molecule has 0 spiro atoms. The summed E-state index contributed by atoms with van der Waals surface area (Å²) in [5.74, 6) is 0. The maximum Gasteiger partial charge on any atom is 0.174 e. The van der Waals surface area contributed by atoms with Crippen LogP contribution in [0.15, 0.2) is 6.07 Å². The fraction of sp³-hybridized carbons (Fsp3) is 0.636. The van der Waals surface area contributed by atoms with Crippen molar-refractivity contribution in [2.75, 3.05) is 31.5 Å². The van der Waals surface area contributed by atoms with Crippen LogP contribution in [0.2, 0.25) is 10.3 Å². The van der Waals surface area contributed by atoms with Crippen LogP contribution in [0.1, 0.15) is 20.3 Å². The number of aromatic nitrogens is 2. The molecule has 4 nitrogen and oxygen atoms in total. The summed E-state index contributed by atoms with van der Waals surface area (Å²) in [7, 11) is 0. The van der Waals surface area contributed by atoms with E-state index < -0.39 is 0 Å². The highest BCUT2D eigenvalue weighted by atomic mass is 35.5. The Hall–Kier alpha value is -0.580. The van der Waals surface area contributed by atoms with Crippen molar-refractivity contribution in [3.8, 4) is 0 Å². The summed E-state index contributed by atoms with van der Waals surface area (Å²) in [4.78, 5) is 2.38. The second-order valence-electron chi connectivity index (χ2n) is 3.68. The average molecular weight is 277 g/mol. The number of nitrogens with zero attached hydrogens (tertiary/aromatic N) is 3. The Bertz CT molecular complexity index is 342. The first-order chi connectivity index (χ1) is 8.17. The molecule has 0 aromatic carbocycles. The monoisotopic (exact) mass is 276 g/mol. The van der Waals surface area contributed by atoms with Gasteiger partial charge in [-0.1, -0.05) is 37.0 Å². The van der Waals surface area contributed by atoms with Crippen molar-refractivity contribution in [1.29, 1.82) is 0 Å². The third-order valence-electron chi connectivity index (χ3n) is 2.58. The zero-order valence-electron chi connectivity index (χ0n) is 10.2. The molecular formula is C11H18Cl2N4. The number of rotatable bonds is 7. The Morgan fingerprint density at radius 2 is 1.94 bits per heavy atom. The Balaban J connectivity index is 2.33. The topological polar surface area (TPSA) is 41.0 Å². The molecule has 0 aliphatic rings. The van der Waals surface area contributed by atoms with Gasteiger partial charge < -0.3 is 10.2 Å². The molecule has 6 heteroatoms. The van der Waals surface area contributed by atoms with E-state index in [0.717, 1.165) is 38.3 Å². The van der Waals surface area contributed by atoms with E-state index in [-0.39, 0.29) is 0 Å².